The number of thiophene rings is 1. The molecule has 0 aliphatic heterocycles. The molecule has 2 aromatic rings. The van der Waals surface area contributed by atoms with Crippen molar-refractivity contribution < 1.29 is 22.8 Å². The van der Waals surface area contributed by atoms with E-state index in [4.69, 9.17) is 0 Å². The van der Waals surface area contributed by atoms with E-state index in [1.54, 1.807) is 6.07 Å². The van der Waals surface area contributed by atoms with Crippen LogP contribution in [0.4, 0.5) is 18.9 Å². The number of ketones is 1. The fraction of sp³-hybridized carbons (Fsp3) is 0.176. The Hall–Kier alpha value is -2.41. The number of halogens is 3. The molecule has 7 heteroatoms. The summed E-state index contributed by atoms with van der Waals surface area (Å²) in [5.74, 6) is -1.40. The van der Waals surface area contributed by atoms with Crippen molar-refractivity contribution in [3.63, 3.8) is 0 Å². The lowest BCUT2D eigenvalue weighted by Crippen LogP contribution is -2.21. The molecule has 0 bridgehead atoms. The summed E-state index contributed by atoms with van der Waals surface area (Å²) in [6.07, 6.45) is -3.22. The van der Waals surface area contributed by atoms with Crippen LogP contribution >= 0.6 is 11.3 Å². The van der Waals surface area contributed by atoms with Gasteiger partial charge in [-0.1, -0.05) is 12.1 Å². The summed E-state index contributed by atoms with van der Waals surface area (Å²) >= 11 is 1.38. The van der Waals surface area contributed by atoms with Crippen LogP contribution in [0.15, 0.2) is 42.0 Å². The fourth-order valence-corrected chi connectivity index (χ4v) is 2.85. The normalized spacial score (nSPS) is 12.1. The van der Waals surface area contributed by atoms with E-state index in [-0.39, 0.29) is 11.3 Å². The number of rotatable bonds is 4. The predicted octanol–water partition coefficient (Wildman–Crippen LogP) is 4.69. The van der Waals surface area contributed by atoms with E-state index in [0.717, 1.165) is 17.0 Å². The molecule has 0 saturated heterocycles. The monoisotopic (exact) mass is 353 g/mol. The Bertz CT molecular complexity index is 806. The van der Waals surface area contributed by atoms with Crippen LogP contribution < -0.4 is 5.32 Å². The van der Waals surface area contributed by atoms with Crippen molar-refractivity contribution in [2.75, 3.05) is 5.32 Å². The SMILES string of the molecule is CC(=O)/C(=C\c1ccc(C)s1)C(=O)Nc1ccccc1C(F)(F)F. The number of carbonyl (C=O) groups excluding carboxylic acids is 2. The van der Waals surface area contributed by atoms with Gasteiger partial charge < -0.3 is 5.32 Å². The van der Waals surface area contributed by atoms with Crippen LogP contribution in [0.2, 0.25) is 0 Å². The third kappa shape index (κ3) is 4.32. The van der Waals surface area contributed by atoms with Gasteiger partial charge in [-0.25, -0.2) is 0 Å². The number of para-hydroxylation sites is 1. The molecule has 1 N–H and O–H groups in total. The minimum absolute atomic E-state index is 0.200. The quantitative estimate of drug-likeness (QED) is 0.493. The minimum atomic E-state index is -4.60. The predicted molar refractivity (Wildman–Crippen MR) is 87.8 cm³/mol. The summed E-state index contributed by atoms with van der Waals surface area (Å²) in [7, 11) is 0. The minimum Gasteiger partial charge on any atom is -0.321 e. The molecule has 0 saturated carbocycles. The van der Waals surface area contributed by atoms with Crippen LogP contribution in [0.3, 0.4) is 0 Å². The molecule has 0 radical (unpaired) electrons. The van der Waals surface area contributed by atoms with Gasteiger partial charge in [-0.15, -0.1) is 11.3 Å². The van der Waals surface area contributed by atoms with Crippen LogP contribution in [-0.2, 0) is 15.8 Å². The molecule has 0 aliphatic carbocycles. The maximum atomic E-state index is 13.0. The first-order valence-corrected chi connectivity index (χ1v) is 7.77. The summed E-state index contributed by atoms with van der Waals surface area (Å²) in [5.41, 5.74) is -1.55. The molecule has 0 unspecified atom stereocenters. The summed E-state index contributed by atoms with van der Waals surface area (Å²) in [6, 6.07) is 8.19. The van der Waals surface area contributed by atoms with E-state index >= 15 is 0 Å². The Labute approximate surface area is 140 Å². The number of alkyl halides is 3. The van der Waals surface area contributed by atoms with E-state index in [0.29, 0.717) is 4.88 Å². The first kappa shape index (κ1) is 17.9. The van der Waals surface area contributed by atoms with Crippen LogP contribution in [-0.4, -0.2) is 11.7 Å². The van der Waals surface area contributed by atoms with Crippen LogP contribution in [0, 0.1) is 6.92 Å². The van der Waals surface area contributed by atoms with Crippen LogP contribution in [0.5, 0.6) is 0 Å². The van der Waals surface area contributed by atoms with Gasteiger partial charge >= 0.3 is 6.18 Å². The molecule has 0 aliphatic rings. The summed E-state index contributed by atoms with van der Waals surface area (Å²) < 4.78 is 38.9. The topological polar surface area (TPSA) is 46.2 Å². The highest BCUT2D eigenvalue weighted by Gasteiger charge is 2.33. The number of anilines is 1. The zero-order chi connectivity index (χ0) is 17.9. The number of hydrogen-bond donors (Lipinski definition) is 1. The highest BCUT2D eigenvalue weighted by molar-refractivity contribution is 7.12. The molecule has 1 heterocycles. The molecule has 24 heavy (non-hydrogen) atoms. The molecule has 126 valence electrons. The molecule has 1 aromatic carbocycles. The smallest absolute Gasteiger partial charge is 0.321 e. The van der Waals surface area contributed by atoms with Crippen molar-refractivity contribution in [3.05, 3.63) is 57.3 Å². The summed E-state index contributed by atoms with van der Waals surface area (Å²) in [6.45, 7) is 3.07. The number of benzene rings is 1. The van der Waals surface area contributed by atoms with Crippen molar-refractivity contribution in [2.45, 2.75) is 20.0 Å². The van der Waals surface area contributed by atoms with E-state index in [9.17, 15) is 22.8 Å². The molecular weight excluding hydrogens is 339 g/mol. The van der Waals surface area contributed by atoms with Gasteiger partial charge in [0.25, 0.3) is 5.91 Å². The van der Waals surface area contributed by atoms with Gasteiger partial charge in [0, 0.05) is 9.75 Å². The van der Waals surface area contributed by atoms with Gasteiger partial charge in [-0.2, -0.15) is 13.2 Å². The van der Waals surface area contributed by atoms with E-state index in [1.807, 2.05) is 13.0 Å². The van der Waals surface area contributed by atoms with Crippen molar-refractivity contribution in [1.29, 1.82) is 0 Å². The van der Waals surface area contributed by atoms with Crippen molar-refractivity contribution in [1.82, 2.24) is 0 Å². The molecular formula is C17H14F3NO2S. The Morgan fingerprint density at radius 1 is 1.12 bits per heavy atom. The summed E-state index contributed by atoms with van der Waals surface area (Å²) in [4.78, 5) is 25.7. The lowest BCUT2D eigenvalue weighted by Gasteiger charge is -2.13. The second-order valence-electron chi connectivity index (χ2n) is 5.06. The lowest BCUT2D eigenvalue weighted by atomic mass is 10.1. The third-order valence-corrected chi connectivity index (χ3v) is 4.10. The zero-order valence-electron chi connectivity index (χ0n) is 12.9. The van der Waals surface area contributed by atoms with Gasteiger partial charge in [-0.3, -0.25) is 9.59 Å². The average Bonchev–Trinajstić information content (AvgIpc) is 2.89. The summed E-state index contributed by atoms with van der Waals surface area (Å²) in [5, 5.41) is 2.18. The number of Topliss-reactive ketones (excluding diaryl/α,β-unsaturated/α-hetero) is 1. The number of nitrogens with one attached hydrogen (secondary N) is 1. The highest BCUT2D eigenvalue weighted by Crippen LogP contribution is 2.34. The van der Waals surface area contributed by atoms with Gasteiger partial charge in [0.05, 0.1) is 16.8 Å². The fourth-order valence-electron chi connectivity index (χ4n) is 2.03. The molecule has 0 fully saturated rings. The van der Waals surface area contributed by atoms with E-state index in [2.05, 4.69) is 5.32 Å². The standard InChI is InChI=1S/C17H14F3NO2S/c1-10-7-8-12(24-10)9-13(11(2)22)16(23)21-15-6-4-3-5-14(15)17(18,19)20/h3-9H,1-2H3,(H,21,23)/b13-9+. The molecule has 3 nitrogen and oxygen atoms in total. The number of amides is 1. The van der Waals surface area contributed by atoms with E-state index < -0.39 is 23.4 Å². The highest BCUT2D eigenvalue weighted by atomic mass is 32.1. The van der Waals surface area contributed by atoms with Gasteiger partial charge in [0.15, 0.2) is 5.78 Å². The molecule has 2 rings (SSSR count). The first-order chi connectivity index (χ1) is 11.2. The van der Waals surface area contributed by atoms with Gasteiger partial charge in [0.2, 0.25) is 0 Å². The first-order valence-electron chi connectivity index (χ1n) is 6.95. The van der Waals surface area contributed by atoms with Crippen molar-refractivity contribution in [3.8, 4) is 0 Å². The van der Waals surface area contributed by atoms with Crippen LogP contribution in [0.1, 0.15) is 22.2 Å². The Kier molecular flexibility index (Phi) is 5.23. The maximum absolute atomic E-state index is 13.0. The molecule has 1 amide bonds. The third-order valence-electron chi connectivity index (χ3n) is 3.15. The van der Waals surface area contributed by atoms with Crippen molar-refractivity contribution in [2.24, 2.45) is 0 Å². The Morgan fingerprint density at radius 2 is 1.79 bits per heavy atom. The number of carbonyl (C=O) groups is 2. The Balaban J connectivity index is 2.33. The molecule has 1 aromatic heterocycles. The van der Waals surface area contributed by atoms with Gasteiger partial charge in [-0.05, 0) is 44.2 Å². The largest absolute Gasteiger partial charge is 0.418 e. The lowest BCUT2D eigenvalue weighted by molar-refractivity contribution is -0.137. The number of hydrogen-bond acceptors (Lipinski definition) is 3. The average molecular weight is 353 g/mol. The molecule has 0 spiro atoms. The zero-order valence-corrected chi connectivity index (χ0v) is 13.7. The Morgan fingerprint density at radius 3 is 2.33 bits per heavy atom. The maximum Gasteiger partial charge on any atom is 0.418 e. The second kappa shape index (κ2) is 7.00. The number of aryl methyl sites for hydroxylation is 1. The van der Waals surface area contributed by atoms with Crippen molar-refractivity contribution >= 4 is 34.8 Å². The van der Waals surface area contributed by atoms with E-state index in [1.165, 1.54) is 36.5 Å². The van der Waals surface area contributed by atoms with Gasteiger partial charge in [0.1, 0.15) is 0 Å². The second-order valence-corrected chi connectivity index (χ2v) is 6.38. The van der Waals surface area contributed by atoms with Crippen LogP contribution in [0.25, 0.3) is 6.08 Å². The molecule has 0 atom stereocenters.